The zero-order valence-corrected chi connectivity index (χ0v) is 8.72. The molecule has 1 aromatic carbocycles. The molecule has 0 aliphatic rings. The molecule has 0 saturated heterocycles. The zero-order valence-electron chi connectivity index (χ0n) is 8.72. The number of rotatable bonds is 6. The van der Waals surface area contributed by atoms with Crippen LogP contribution in [0.1, 0.15) is 10.4 Å². The number of hydrogen-bond donors (Lipinski definition) is 3. The van der Waals surface area contributed by atoms with Gasteiger partial charge >= 0.3 is 5.97 Å². The summed E-state index contributed by atoms with van der Waals surface area (Å²) in [6, 6.07) is 7.80. The first-order valence-corrected chi connectivity index (χ1v) is 4.89. The van der Waals surface area contributed by atoms with Gasteiger partial charge in [-0.2, -0.15) is 0 Å². The number of nitrogens with two attached hydrogens (primary N) is 1. The van der Waals surface area contributed by atoms with Gasteiger partial charge in [-0.05, 0) is 0 Å². The van der Waals surface area contributed by atoms with Gasteiger partial charge in [-0.1, -0.05) is 30.3 Å². The Morgan fingerprint density at radius 1 is 1.31 bits per heavy atom. The van der Waals surface area contributed by atoms with E-state index in [1.165, 1.54) is 0 Å². The highest BCUT2D eigenvalue weighted by atomic mass is 16.4. The summed E-state index contributed by atoms with van der Waals surface area (Å²) >= 11 is 0. The standard InChI is InChI=1S/C11H14N2O3/c12-6-9(11(15)16)13-7-10(14)8-4-2-1-3-5-8/h1-5,9,13H,6-7,12H2,(H,15,16)/t9-/m0/s1. The minimum Gasteiger partial charge on any atom is -0.480 e. The lowest BCUT2D eigenvalue weighted by molar-refractivity contribution is -0.139. The summed E-state index contributed by atoms with van der Waals surface area (Å²) in [6.45, 7) is -0.0738. The Balaban J connectivity index is 2.50. The molecule has 0 aliphatic heterocycles. The molecular weight excluding hydrogens is 208 g/mol. The number of benzene rings is 1. The van der Waals surface area contributed by atoms with Crippen molar-refractivity contribution in [3.63, 3.8) is 0 Å². The average Bonchev–Trinajstić information content (AvgIpc) is 2.30. The predicted molar refractivity (Wildman–Crippen MR) is 59.3 cm³/mol. The average molecular weight is 222 g/mol. The van der Waals surface area contributed by atoms with Crippen molar-refractivity contribution in [2.24, 2.45) is 5.73 Å². The zero-order chi connectivity index (χ0) is 12.0. The SMILES string of the molecule is NC[C@H](NCC(=O)c1ccccc1)C(=O)O. The topological polar surface area (TPSA) is 92.4 Å². The van der Waals surface area contributed by atoms with Crippen molar-refractivity contribution in [3.8, 4) is 0 Å². The van der Waals surface area contributed by atoms with Gasteiger partial charge < -0.3 is 10.8 Å². The monoisotopic (exact) mass is 222 g/mol. The maximum absolute atomic E-state index is 11.6. The van der Waals surface area contributed by atoms with Crippen molar-refractivity contribution < 1.29 is 14.7 Å². The van der Waals surface area contributed by atoms with Gasteiger partial charge in [-0.15, -0.1) is 0 Å². The van der Waals surface area contributed by atoms with Crippen LogP contribution in [-0.2, 0) is 4.79 Å². The lowest BCUT2D eigenvalue weighted by Crippen LogP contribution is -2.44. The van der Waals surface area contributed by atoms with E-state index in [0.29, 0.717) is 5.56 Å². The molecule has 4 N–H and O–H groups in total. The molecule has 0 aromatic heterocycles. The Labute approximate surface area is 93.3 Å². The van der Waals surface area contributed by atoms with Crippen LogP contribution in [0, 0.1) is 0 Å². The lowest BCUT2D eigenvalue weighted by Gasteiger charge is -2.10. The molecule has 0 aliphatic carbocycles. The second kappa shape index (κ2) is 5.99. The summed E-state index contributed by atoms with van der Waals surface area (Å²) in [5, 5.41) is 11.3. The summed E-state index contributed by atoms with van der Waals surface area (Å²) in [5.41, 5.74) is 5.80. The van der Waals surface area contributed by atoms with Crippen LogP contribution in [0.5, 0.6) is 0 Å². The molecule has 5 heteroatoms. The van der Waals surface area contributed by atoms with E-state index < -0.39 is 12.0 Å². The highest BCUT2D eigenvalue weighted by Gasteiger charge is 2.16. The molecule has 1 aromatic rings. The van der Waals surface area contributed by atoms with Gasteiger partial charge in [0.2, 0.25) is 0 Å². The van der Waals surface area contributed by atoms with Gasteiger partial charge in [0, 0.05) is 12.1 Å². The lowest BCUT2D eigenvalue weighted by atomic mass is 10.1. The first-order chi connectivity index (χ1) is 7.65. The van der Waals surface area contributed by atoms with Crippen LogP contribution in [0.2, 0.25) is 0 Å². The van der Waals surface area contributed by atoms with Crippen molar-refractivity contribution >= 4 is 11.8 Å². The number of hydrogen-bond acceptors (Lipinski definition) is 4. The third kappa shape index (κ3) is 3.45. The normalized spacial score (nSPS) is 12.1. The van der Waals surface area contributed by atoms with Crippen LogP contribution in [-0.4, -0.2) is 36.0 Å². The number of aliphatic carboxylic acids is 1. The second-order valence-electron chi connectivity index (χ2n) is 3.30. The molecule has 0 unspecified atom stereocenters. The van der Waals surface area contributed by atoms with E-state index in [1.807, 2.05) is 6.07 Å². The third-order valence-electron chi connectivity index (χ3n) is 2.14. The molecule has 0 bridgehead atoms. The van der Waals surface area contributed by atoms with Gasteiger partial charge in [-0.3, -0.25) is 14.9 Å². The molecule has 86 valence electrons. The fourth-order valence-electron chi connectivity index (χ4n) is 1.21. The fraction of sp³-hybridized carbons (Fsp3) is 0.273. The molecule has 0 saturated carbocycles. The maximum Gasteiger partial charge on any atom is 0.322 e. The summed E-state index contributed by atoms with van der Waals surface area (Å²) in [4.78, 5) is 22.2. The van der Waals surface area contributed by atoms with Gasteiger partial charge in [-0.25, -0.2) is 0 Å². The molecule has 5 nitrogen and oxygen atoms in total. The number of Topliss-reactive ketones (excluding diaryl/α,β-unsaturated/α-hetero) is 1. The number of carboxylic acid groups (broad SMARTS) is 1. The van der Waals surface area contributed by atoms with E-state index in [0.717, 1.165) is 0 Å². The van der Waals surface area contributed by atoms with E-state index in [1.54, 1.807) is 24.3 Å². The number of carbonyl (C=O) groups is 2. The Kier molecular flexibility index (Phi) is 4.63. The van der Waals surface area contributed by atoms with E-state index in [9.17, 15) is 9.59 Å². The maximum atomic E-state index is 11.6. The van der Waals surface area contributed by atoms with Gasteiger partial charge in [0.1, 0.15) is 6.04 Å². The third-order valence-corrected chi connectivity index (χ3v) is 2.14. The number of ketones is 1. The highest BCUT2D eigenvalue weighted by molar-refractivity contribution is 5.97. The molecular formula is C11H14N2O3. The summed E-state index contributed by atoms with van der Waals surface area (Å²) < 4.78 is 0. The first kappa shape index (κ1) is 12.4. The van der Waals surface area contributed by atoms with Crippen LogP contribution in [0.25, 0.3) is 0 Å². The highest BCUT2D eigenvalue weighted by Crippen LogP contribution is 1.99. The van der Waals surface area contributed by atoms with Gasteiger partial charge in [0.15, 0.2) is 5.78 Å². The Bertz CT molecular complexity index is 365. The predicted octanol–water partition coefficient (Wildman–Crippen LogP) is -0.129. The quantitative estimate of drug-likeness (QED) is 0.583. The molecule has 0 fully saturated rings. The Hall–Kier alpha value is -1.72. The summed E-state index contributed by atoms with van der Waals surface area (Å²) in [7, 11) is 0. The van der Waals surface area contributed by atoms with Crippen LogP contribution < -0.4 is 11.1 Å². The number of carbonyl (C=O) groups excluding carboxylic acids is 1. The van der Waals surface area contributed by atoms with Gasteiger partial charge in [0.25, 0.3) is 0 Å². The first-order valence-electron chi connectivity index (χ1n) is 4.89. The molecule has 0 radical (unpaired) electrons. The molecule has 1 rings (SSSR count). The molecule has 1 atom stereocenters. The van der Waals surface area contributed by atoms with Crippen LogP contribution in [0.3, 0.4) is 0 Å². The van der Waals surface area contributed by atoms with E-state index in [-0.39, 0.29) is 18.9 Å². The largest absolute Gasteiger partial charge is 0.480 e. The van der Waals surface area contributed by atoms with Crippen LogP contribution in [0.15, 0.2) is 30.3 Å². The van der Waals surface area contributed by atoms with Crippen LogP contribution in [0.4, 0.5) is 0 Å². The van der Waals surface area contributed by atoms with E-state index >= 15 is 0 Å². The number of nitrogens with one attached hydrogen (secondary N) is 1. The second-order valence-corrected chi connectivity index (χ2v) is 3.30. The molecule has 0 spiro atoms. The summed E-state index contributed by atoms with van der Waals surface area (Å²) in [6.07, 6.45) is 0. The van der Waals surface area contributed by atoms with Crippen molar-refractivity contribution in [3.05, 3.63) is 35.9 Å². The molecule has 16 heavy (non-hydrogen) atoms. The van der Waals surface area contributed by atoms with E-state index in [2.05, 4.69) is 5.32 Å². The molecule has 0 heterocycles. The Morgan fingerprint density at radius 2 is 1.94 bits per heavy atom. The van der Waals surface area contributed by atoms with Crippen molar-refractivity contribution in [1.82, 2.24) is 5.32 Å². The van der Waals surface area contributed by atoms with E-state index in [4.69, 9.17) is 10.8 Å². The fourth-order valence-corrected chi connectivity index (χ4v) is 1.21. The van der Waals surface area contributed by atoms with Crippen LogP contribution >= 0.6 is 0 Å². The van der Waals surface area contributed by atoms with Crippen molar-refractivity contribution in [2.75, 3.05) is 13.1 Å². The van der Waals surface area contributed by atoms with Gasteiger partial charge in [0.05, 0.1) is 6.54 Å². The summed E-state index contributed by atoms with van der Waals surface area (Å²) in [5.74, 6) is -1.20. The Morgan fingerprint density at radius 3 is 2.44 bits per heavy atom. The van der Waals surface area contributed by atoms with Crippen molar-refractivity contribution in [1.29, 1.82) is 0 Å². The number of carboxylic acids is 1. The minimum absolute atomic E-state index is 0.0296. The molecule has 0 amide bonds. The van der Waals surface area contributed by atoms with Crippen molar-refractivity contribution in [2.45, 2.75) is 6.04 Å². The minimum atomic E-state index is -1.05. The smallest absolute Gasteiger partial charge is 0.322 e.